The summed E-state index contributed by atoms with van der Waals surface area (Å²) in [6.45, 7) is 5.47. The fraction of sp³-hybridized carbons (Fsp3) is 0.273. The molecular weight excluding hydrogens is 399 g/mol. The zero-order valence-electron chi connectivity index (χ0n) is 17.3. The van der Waals surface area contributed by atoms with Gasteiger partial charge in [-0.25, -0.2) is 14.2 Å². The van der Waals surface area contributed by atoms with Gasteiger partial charge in [-0.05, 0) is 43.2 Å². The molecule has 0 aliphatic heterocycles. The molecule has 0 bridgehead atoms. The van der Waals surface area contributed by atoms with Crippen LogP contribution in [0.2, 0.25) is 0 Å². The predicted molar refractivity (Wildman–Crippen MR) is 117 cm³/mol. The molecule has 4 N–H and O–H groups in total. The molecule has 0 spiro atoms. The maximum absolute atomic E-state index is 14.7. The highest BCUT2D eigenvalue weighted by Crippen LogP contribution is 2.26. The third-order valence-electron chi connectivity index (χ3n) is 4.87. The second kappa shape index (κ2) is 9.26. The maximum Gasteiger partial charge on any atom is 0.404 e. The summed E-state index contributed by atoms with van der Waals surface area (Å²) in [6.07, 6.45) is 0.537. The minimum absolute atomic E-state index is 0.0249. The number of rotatable bonds is 7. The van der Waals surface area contributed by atoms with Crippen molar-refractivity contribution in [2.24, 2.45) is 5.92 Å². The molecule has 1 aromatic carbocycles. The van der Waals surface area contributed by atoms with E-state index in [-0.39, 0.29) is 23.1 Å². The van der Waals surface area contributed by atoms with Crippen molar-refractivity contribution in [2.75, 3.05) is 10.6 Å². The summed E-state index contributed by atoms with van der Waals surface area (Å²) in [7, 11) is 0. The molecule has 3 rings (SSSR count). The van der Waals surface area contributed by atoms with Crippen LogP contribution >= 0.6 is 0 Å². The van der Waals surface area contributed by atoms with E-state index in [1.165, 1.54) is 0 Å². The fourth-order valence-electron chi connectivity index (χ4n) is 3.37. The lowest BCUT2D eigenvalue weighted by molar-refractivity contribution is 0.188. The van der Waals surface area contributed by atoms with Crippen LogP contribution in [0.4, 0.5) is 26.5 Å². The molecule has 0 fully saturated rings. The standard InChI is InChI=1S/C22H23FN6O2/c1-12(2)19(13(3)26-22(30)31)28-21-17(23)10-15(11-24)20(29-21)27-16-6-7-18-14(9-16)5-4-8-25-18/h4-10,12-13,19,26H,1-3H3,(H,30,31)(H2,27,28,29)/t13-,19+/m0/s1. The Morgan fingerprint density at radius 3 is 2.65 bits per heavy atom. The topological polar surface area (TPSA) is 123 Å². The molecule has 2 heterocycles. The number of hydrogen-bond acceptors (Lipinski definition) is 6. The summed E-state index contributed by atoms with van der Waals surface area (Å²) in [5.74, 6) is -0.598. The van der Waals surface area contributed by atoms with E-state index in [4.69, 9.17) is 5.11 Å². The van der Waals surface area contributed by atoms with E-state index >= 15 is 0 Å². The molecule has 0 radical (unpaired) electrons. The van der Waals surface area contributed by atoms with Gasteiger partial charge in [0.05, 0.1) is 11.1 Å². The summed E-state index contributed by atoms with van der Waals surface area (Å²) >= 11 is 0. The molecule has 0 saturated heterocycles. The molecule has 0 saturated carbocycles. The van der Waals surface area contributed by atoms with E-state index in [2.05, 4.69) is 25.9 Å². The zero-order chi connectivity index (χ0) is 22.5. The quantitative estimate of drug-likeness (QED) is 0.443. The molecule has 2 aromatic heterocycles. The van der Waals surface area contributed by atoms with Crippen LogP contribution in [0.1, 0.15) is 26.3 Å². The van der Waals surface area contributed by atoms with Gasteiger partial charge in [-0.3, -0.25) is 4.98 Å². The van der Waals surface area contributed by atoms with Crippen molar-refractivity contribution >= 4 is 34.3 Å². The van der Waals surface area contributed by atoms with Gasteiger partial charge in [0.25, 0.3) is 0 Å². The van der Waals surface area contributed by atoms with Gasteiger partial charge >= 0.3 is 6.09 Å². The third kappa shape index (κ3) is 5.17. The number of halogens is 1. The zero-order valence-corrected chi connectivity index (χ0v) is 17.3. The first-order chi connectivity index (χ1) is 14.8. The Kier molecular flexibility index (Phi) is 6.50. The van der Waals surface area contributed by atoms with Crippen LogP contribution in [0.5, 0.6) is 0 Å². The lowest BCUT2D eigenvalue weighted by atomic mass is 9.97. The molecule has 3 aromatic rings. The lowest BCUT2D eigenvalue weighted by Gasteiger charge is -2.29. The van der Waals surface area contributed by atoms with Crippen LogP contribution in [-0.4, -0.2) is 33.3 Å². The average molecular weight is 422 g/mol. The number of benzene rings is 1. The molecule has 1 amide bonds. The molecule has 0 aliphatic carbocycles. The molecule has 0 unspecified atom stereocenters. The number of aromatic nitrogens is 2. The van der Waals surface area contributed by atoms with Gasteiger partial charge < -0.3 is 21.1 Å². The fourth-order valence-corrected chi connectivity index (χ4v) is 3.37. The van der Waals surface area contributed by atoms with Crippen LogP contribution in [-0.2, 0) is 0 Å². The Morgan fingerprint density at radius 1 is 1.19 bits per heavy atom. The summed E-state index contributed by atoms with van der Waals surface area (Å²) in [5.41, 5.74) is 1.54. The normalized spacial score (nSPS) is 12.8. The highest BCUT2D eigenvalue weighted by Gasteiger charge is 2.24. The average Bonchev–Trinajstić information content (AvgIpc) is 2.72. The van der Waals surface area contributed by atoms with Crippen LogP contribution in [0.15, 0.2) is 42.6 Å². The number of pyridine rings is 2. The second-order valence-electron chi connectivity index (χ2n) is 7.51. The van der Waals surface area contributed by atoms with Crippen molar-refractivity contribution in [3.05, 3.63) is 54.0 Å². The predicted octanol–water partition coefficient (Wildman–Crippen LogP) is 4.48. The van der Waals surface area contributed by atoms with Crippen LogP contribution in [0.25, 0.3) is 10.9 Å². The van der Waals surface area contributed by atoms with E-state index in [9.17, 15) is 14.4 Å². The SMILES string of the molecule is CC(C)[C@@H](Nc1nc(Nc2ccc3ncccc3c2)c(C#N)cc1F)[C@H](C)NC(=O)O. The Labute approximate surface area is 179 Å². The summed E-state index contributed by atoms with van der Waals surface area (Å²) in [5, 5.41) is 27.8. The van der Waals surface area contributed by atoms with Crippen molar-refractivity contribution in [3.63, 3.8) is 0 Å². The number of carbonyl (C=O) groups is 1. The van der Waals surface area contributed by atoms with Gasteiger partial charge in [0.2, 0.25) is 0 Å². The van der Waals surface area contributed by atoms with Gasteiger partial charge in [-0.1, -0.05) is 19.9 Å². The van der Waals surface area contributed by atoms with Gasteiger partial charge in [0, 0.05) is 29.4 Å². The van der Waals surface area contributed by atoms with E-state index in [0.717, 1.165) is 17.0 Å². The van der Waals surface area contributed by atoms with E-state index in [1.807, 2.05) is 44.2 Å². The number of fused-ring (bicyclic) bond motifs is 1. The first-order valence-corrected chi connectivity index (χ1v) is 9.77. The number of nitriles is 1. The summed E-state index contributed by atoms with van der Waals surface area (Å²) in [6, 6.07) is 11.4. The monoisotopic (exact) mass is 422 g/mol. The molecule has 8 nitrogen and oxygen atoms in total. The summed E-state index contributed by atoms with van der Waals surface area (Å²) < 4.78 is 14.7. The molecular formula is C22H23FN6O2. The minimum Gasteiger partial charge on any atom is -0.465 e. The molecule has 9 heteroatoms. The van der Waals surface area contributed by atoms with Crippen LogP contribution < -0.4 is 16.0 Å². The first-order valence-electron chi connectivity index (χ1n) is 9.77. The van der Waals surface area contributed by atoms with Gasteiger partial charge in [-0.15, -0.1) is 0 Å². The third-order valence-corrected chi connectivity index (χ3v) is 4.87. The van der Waals surface area contributed by atoms with Crippen molar-refractivity contribution in [1.29, 1.82) is 5.26 Å². The van der Waals surface area contributed by atoms with Crippen molar-refractivity contribution in [2.45, 2.75) is 32.9 Å². The number of hydrogen-bond donors (Lipinski definition) is 4. The Hall–Kier alpha value is -3.93. The number of nitrogens with one attached hydrogen (secondary N) is 3. The van der Waals surface area contributed by atoms with E-state index in [0.29, 0.717) is 5.69 Å². The molecule has 2 atom stereocenters. The molecule has 0 aliphatic rings. The maximum atomic E-state index is 14.7. The van der Waals surface area contributed by atoms with Crippen molar-refractivity contribution in [3.8, 4) is 6.07 Å². The van der Waals surface area contributed by atoms with E-state index in [1.54, 1.807) is 19.2 Å². The number of carboxylic acid groups (broad SMARTS) is 1. The number of amides is 1. The number of anilines is 3. The Morgan fingerprint density at radius 2 is 1.97 bits per heavy atom. The highest BCUT2D eigenvalue weighted by molar-refractivity contribution is 5.83. The number of nitrogens with zero attached hydrogens (tertiary/aromatic N) is 3. The van der Waals surface area contributed by atoms with Crippen LogP contribution in [0, 0.1) is 23.1 Å². The Balaban J connectivity index is 1.93. The second-order valence-corrected chi connectivity index (χ2v) is 7.51. The Bertz CT molecular complexity index is 1140. The van der Waals surface area contributed by atoms with Gasteiger partial charge in [0.15, 0.2) is 17.5 Å². The largest absolute Gasteiger partial charge is 0.465 e. The lowest BCUT2D eigenvalue weighted by Crippen LogP contribution is -2.47. The van der Waals surface area contributed by atoms with Crippen molar-refractivity contribution in [1.82, 2.24) is 15.3 Å². The summed E-state index contributed by atoms with van der Waals surface area (Å²) in [4.78, 5) is 19.6. The van der Waals surface area contributed by atoms with Gasteiger partial charge in [0.1, 0.15) is 6.07 Å². The van der Waals surface area contributed by atoms with Gasteiger partial charge in [-0.2, -0.15) is 5.26 Å². The van der Waals surface area contributed by atoms with E-state index < -0.39 is 24.0 Å². The first kappa shape index (κ1) is 21.8. The van der Waals surface area contributed by atoms with Crippen molar-refractivity contribution < 1.29 is 14.3 Å². The van der Waals surface area contributed by atoms with Crippen LogP contribution in [0.3, 0.4) is 0 Å². The minimum atomic E-state index is -1.17. The molecule has 31 heavy (non-hydrogen) atoms. The molecule has 160 valence electrons. The highest BCUT2D eigenvalue weighted by atomic mass is 19.1. The smallest absolute Gasteiger partial charge is 0.404 e.